The van der Waals surface area contributed by atoms with Crippen LogP contribution in [0.3, 0.4) is 0 Å². The van der Waals surface area contributed by atoms with Crippen LogP contribution in [0.25, 0.3) is 82.4 Å². The third-order valence-corrected chi connectivity index (χ3v) is 9.54. The highest BCUT2D eigenvalue weighted by Gasteiger charge is 2.22. The lowest BCUT2D eigenvalue weighted by Gasteiger charge is -2.22. The first-order valence-corrected chi connectivity index (χ1v) is 15.8. The SMILES string of the molecule is c1ccc(-n2c3ccccc3c3c(-c4cccc(-c5ccc6c(c5)-c5cccc7cccc(c57)O6)c4)cc4ccccc4c32)cc1. The van der Waals surface area contributed by atoms with Gasteiger partial charge in [0.25, 0.3) is 0 Å². The van der Waals surface area contributed by atoms with E-state index < -0.39 is 0 Å². The smallest absolute Gasteiger partial charge is 0.135 e. The number of ether oxygens (including phenoxy) is 1. The molecule has 1 aliphatic rings. The van der Waals surface area contributed by atoms with E-state index in [-0.39, 0.29) is 0 Å². The maximum Gasteiger partial charge on any atom is 0.135 e. The lowest BCUT2D eigenvalue weighted by atomic mass is 9.90. The molecule has 0 unspecified atom stereocenters. The second-order valence-corrected chi connectivity index (χ2v) is 12.1. The Morgan fingerprint density at radius 2 is 1.11 bits per heavy atom. The average Bonchev–Trinajstić information content (AvgIpc) is 3.47. The Balaban J connectivity index is 1.21. The molecule has 2 heterocycles. The van der Waals surface area contributed by atoms with Gasteiger partial charge in [-0.05, 0) is 87.1 Å². The Morgan fingerprint density at radius 1 is 0.391 bits per heavy atom. The van der Waals surface area contributed by atoms with Crippen LogP contribution >= 0.6 is 0 Å². The molecule has 0 radical (unpaired) electrons. The quantitative estimate of drug-likeness (QED) is 0.201. The van der Waals surface area contributed by atoms with Crippen LogP contribution in [0.1, 0.15) is 0 Å². The minimum absolute atomic E-state index is 0.899. The van der Waals surface area contributed by atoms with Crippen LogP contribution in [-0.4, -0.2) is 4.57 Å². The van der Waals surface area contributed by atoms with Crippen molar-refractivity contribution in [1.29, 1.82) is 0 Å². The molecule has 0 fully saturated rings. The summed E-state index contributed by atoms with van der Waals surface area (Å²) in [7, 11) is 0. The van der Waals surface area contributed by atoms with E-state index in [1.807, 2.05) is 0 Å². The second kappa shape index (κ2) is 9.69. The molecule has 9 aromatic rings. The number of rotatable bonds is 3. The molecule has 0 saturated carbocycles. The predicted octanol–water partition coefficient (Wildman–Crippen LogP) is 12.2. The van der Waals surface area contributed by atoms with Gasteiger partial charge < -0.3 is 9.30 Å². The van der Waals surface area contributed by atoms with Crippen LogP contribution in [-0.2, 0) is 0 Å². The highest BCUT2D eigenvalue weighted by atomic mass is 16.5. The third kappa shape index (κ3) is 3.65. The van der Waals surface area contributed by atoms with Gasteiger partial charge >= 0.3 is 0 Å². The van der Waals surface area contributed by atoms with Gasteiger partial charge in [-0.25, -0.2) is 0 Å². The number of para-hydroxylation sites is 2. The molecule has 8 aromatic carbocycles. The highest BCUT2D eigenvalue weighted by Crippen LogP contribution is 2.48. The maximum atomic E-state index is 6.40. The lowest BCUT2D eigenvalue weighted by molar-refractivity contribution is 0.487. The Labute approximate surface area is 266 Å². The Bertz CT molecular complexity index is 2660. The van der Waals surface area contributed by atoms with Crippen LogP contribution in [0, 0.1) is 0 Å². The van der Waals surface area contributed by atoms with E-state index in [0.29, 0.717) is 0 Å². The van der Waals surface area contributed by atoms with Crippen molar-refractivity contribution in [2.24, 2.45) is 0 Å². The summed E-state index contributed by atoms with van der Waals surface area (Å²) in [6.45, 7) is 0. The number of fused-ring (bicyclic) bond motifs is 7. The summed E-state index contributed by atoms with van der Waals surface area (Å²) < 4.78 is 8.83. The summed E-state index contributed by atoms with van der Waals surface area (Å²) in [6.07, 6.45) is 0. The molecule has 0 saturated heterocycles. The monoisotopic (exact) mass is 585 g/mol. The largest absolute Gasteiger partial charge is 0.456 e. The van der Waals surface area contributed by atoms with Gasteiger partial charge in [0.15, 0.2) is 0 Å². The summed E-state index contributed by atoms with van der Waals surface area (Å²) in [6, 6.07) is 59.0. The molecule has 0 amide bonds. The van der Waals surface area contributed by atoms with E-state index in [4.69, 9.17) is 4.74 Å². The molecular formula is C44H27NO. The average molecular weight is 586 g/mol. The summed E-state index contributed by atoms with van der Waals surface area (Å²) in [5, 5.41) is 7.39. The fraction of sp³-hybridized carbons (Fsp3) is 0. The van der Waals surface area contributed by atoms with Gasteiger partial charge in [0.05, 0.1) is 11.0 Å². The maximum absolute atomic E-state index is 6.40. The Morgan fingerprint density at radius 3 is 2.02 bits per heavy atom. The minimum Gasteiger partial charge on any atom is -0.456 e. The van der Waals surface area contributed by atoms with Gasteiger partial charge in [0, 0.05) is 32.8 Å². The van der Waals surface area contributed by atoms with Gasteiger partial charge in [-0.2, -0.15) is 0 Å². The van der Waals surface area contributed by atoms with E-state index >= 15 is 0 Å². The summed E-state index contributed by atoms with van der Waals surface area (Å²) >= 11 is 0. The van der Waals surface area contributed by atoms with Gasteiger partial charge in [-0.3, -0.25) is 0 Å². The van der Waals surface area contributed by atoms with Crippen LogP contribution < -0.4 is 4.74 Å². The molecule has 0 spiro atoms. The van der Waals surface area contributed by atoms with E-state index in [0.717, 1.165) is 22.7 Å². The van der Waals surface area contributed by atoms with Crippen molar-refractivity contribution >= 4 is 43.4 Å². The van der Waals surface area contributed by atoms with Gasteiger partial charge in [-0.1, -0.05) is 115 Å². The molecule has 2 heteroatoms. The molecule has 1 aliphatic heterocycles. The number of nitrogens with zero attached hydrogens (tertiary/aromatic N) is 1. The van der Waals surface area contributed by atoms with Crippen molar-refractivity contribution in [1.82, 2.24) is 4.57 Å². The van der Waals surface area contributed by atoms with Crippen molar-refractivity contribution in [3.8, 4) is 50.6 Å². The zero-order valence-corrected chi connectivity index (χ0v) is 24.9. The molecule has 0 aliphatic carbocycles. The van der Waals surface area contributed by atoms with Crippen molar-refractivity contribution in [3.63, 3.8) is 0 Å². The highest BCUT2D eigenvalue weighted by molar-refractivity contribution is 6.24. The van der Waals surface area contributed by atoms with Gasteiger partial charge in [0.1, 0.15) is 11.5 Å². The molecule has 1 aromatic heterocycles. The lowest BCUT2D eigenvalue weighted by Crippen LogP contribution is -1.97. The summed E-state index contributed by atoms with van der Waals surface area (Å²) in [5.74, 6) is 1.82. The topological polar surface area (TPSA) is 14.2 Å². The van der Waals surface area contributed by atoms with Gasteiger partial charge in [0.2, 0.25) is 0 Å². The first-order valence-electron chi connectivity index (χ1n) is 15.8. The van der Waals surface area contributed by atoms with Crippen molar-refractivity contribution < 1.29 is 4.74 Å². The normalized spacial score (nSPS) is 12.1. The van der Waals surface area contributed by atoms with Crippen molar-refractivity contribution in [2.75, 3.05) is 0 Å². The standard InChI is InChI=1S/C44H27NO/c1-2-16-33(17-3-1)45-39-21-7-6-19-36(39)43-37(27-32-11-4-5-18-34(32)44(43)45)31-15-8-14-29(25-31)30-23-24-40-38(26-30)35-20-9-12-28-13-10-22-41(46-40)42(28)35/h1-27H. The summed E-state index contributed by atoms with van der Waals surface area (Å²) in [4.78, 5) is 0. The number of benzene rings is 8. The predicted molar refractivity (Wildman–Crippen MR) is 192 cm³/mol. The second-order valence-electron chi connectivity index (χ2n) is 12.1. The fourth-order valence-corrected chi connectivity index (χ4v) is 7.52. The van der Waals surface area contributed by atoms with E-state index in [2.05, 4.69) is 168 Å². The summed E-state index contributed by atoms with van der Waals surface area (Å²) in [5.41, 5.74) is 10.8. The van der Waals surface area contributed by atoms with Crippen LogP contribution in [0.15, 0.2) is 164 Å². The molecule has 214 valence electrons. The van der Waals surface area contributed by atoms with Crippen LogP contribution in [0.5, 0.6) is 11.5 Å². The zero-order chi connectivity index (χ0) is 30.2. The Kier molecular flexibility index (Phi) is 5.31. The van der Waals surface area contributed by atoms with Gasteiger partial charge in [-0.15, -0.1) is 0 Å². The first-order chi connectivity index (χ1) is 22.8. The third-order valence-electron chi connectivity index (χ3n) is 9.54. The number of hydrogen-bond acceptors (Lipinski definition) is 1. The molecule has 0 bridgehead atoms. The molecule has 10 rings (SSSR count). The van der Waals surface area contributed by atoms with E-state index in [1.54, 1.807) is 0 Å². The van der Waals surface area contributed by atoms with Crippen LogP contribution in [0.4, 0.5) is 0 Å². The minimum atomic E-state index is 0.899. The number of aromatic nitrogens is 1. The molecule has 46 heavy (non-hydrogen) atoms. The van der Waals surface area contributed by atoms with Crippen LogP contribution in [0.2, 0.25) is 0 Å². The number of hydrogen-bond donors (Lipinski definition) is 0. The Hall–Kier alpha value is -6.12. The van der Waals surface area contributed by atoms with Crippen molar-refractivity contribution in [2.45, 2.75) is 0 Å². The fourth-order valence-electron chi connectivity index (χ4n) is 7.52. The molecule has 0 atom stereocenters. The molecule has 2 nitrogen and oxygen atoms in total. The van der Waals surface area contributed by atoms with E-state index in [1.165, 1.54) is 71.2 Å². The zero-order valence-electron chi connectivity index (χ0n) is 24.9. The first kappa shape index (κ1) is 25.2. The molecular weight excluding hydrogens is 558 g/mol. The van der Waals surface area contributed by atoms with E-state index in [9.17, 15) is 0 Å². The molecule has 0 N–H and O–H groups in total. The van der Waals surface area contributed by atoms with Crippen molar-refractivity contribution in [3.05, 3.63) is 164 Å².